The van der Waals surface area contributed by atoms with E-state index >= 15 is 0 Å². The van der Waals surface area contributed by atoms with Crippen LogP contribution in [0.5, 0.6) is 5.88 Å². The number of ether oxygens (including phenoxy) is 2. The van der Waals surface area contributed by atoms with Crippen molar-refractivity contribution in [3.63, 3.8) is 0 Å². The highest BCUT2D eigenvalue weighted by Crippen LogP contribution is 2.28. The Balaban J connectivity index is 1.16. The van der Waals surface area contributed by atoms with E-state index in [-0.39, 0.29) is 18.3 Å². The van der Waals surface area contributed by atoms with E-state index in [1.165, 1.54) is 24.3 Å². The number of hydrogen-bond donors (Lipinski definition) is 1. The molecule has 0 unspecified atom stereocenters. The molecular formula is C31H28ClF4N5O5S. The topological polar surface area (TPSA) is 116 Å². The van der Waals surface area contributed by atoms with Crippen molar-refractivity contribution in [1.29, 1.82) is 0 Å². The van der Waals surface area contributed by atoms with Crippen LogP contribution in [0.15, 0.2) is 60.7 Å². The maximum Gasteiger partial charge on any atom is 0.516 e. The molecule has 0 aliphatic carbocycles. The number of pyridine rings is 1. The molecule has 4 aromatic rings. The molecule has 0 spiro atoms. The molecule has 0 bridgehead atoms. The summed E-state index contributed by atoms with van der Waals surface area (Å²) in [5.41, 5.74) is -2.79. The smallest absolute Gasteiger partial charge is 0.473 e. The summed E-state index contributed by atoms with van der Waals surface area (Å²) in [5, 5.41) is 0.301. The maximum absolute atomic E-state index is 14.1. The van der Waals surface area contributed by atoms with Crippen LogP contribution in [-0.2, 0) is 34.5 Å². The van der Waals surface area contributed by atoms with Gasteiger partial charge in [-0.2, -0.15) is 21.6 Å². The molecule has 1 fully saturated rings. The summed E-state index contributed by atoms with van der Waals surface area (Å²) in [7, 11) is -5.86. The van der Waals surface area contributed by atoms with Gasteiger partial charge in [-0.1, -0.05) is 29.8 Å². The van der Waals surface area contributed by atoms with Gasteiger partial charge in [-0.25, -0.2) is 19.1 Å². The number of rotatable bonds is 10. The molecule has 1 N–H and O–H groups in total. The lowest BCUT2D eigenvalue weighted by Crippen LogP contribution is -2.40. The summed E-state index contributed by atoms with van der Waals surface area (Å²) in [6.07, 6.45) is 3.44. The van der Waals surface area contributed by atoms with Crippen molar-refractivity contribution in [2.45, 2.75) is 44.2 Å². The third-order valence-corrected chi connectivity index (χ3v) is 9.20. The van der Waals surface area contributed by atoms with Gasteiger partial charge in [0.25, 0.3) is 5.91 Å². The molecule has 10 nitrogen and oxygen atoms in total. The zero-order valence-corrected chi connectivity index (χ0v) is 26.2. The molecule has 1 saturated heterocycles. The Hall–Kier alpha value is -4.05. The van der Waals surface area contributed by atoms with Gasteiger partial charge < -0.3 is 14.0 Å². The molecule has 2 aromatic heterocycles. The van der Waals surface area contributed by atoms with Crippen LogP contribution < -0.4 is 9.46 Å². The number of hydrogen-bond acceptors (Lipinski definition) is 8. The number of aromatic nitrogens is 3. The van der Waals surface area contributed by atoms with Crippen molar-refractivity contribution < 1.29 is 40.2 Å². The predicted octanol–water partition coefficient (Wildman–Crippen LogP) is 5.46. The Morgan fingerprint density at radius 1 is 1.13 bits per heavy atom. The van der Waals surface area contributed by atoms with Crippen molar-refractivity contribution in [2.24, 2.45) is 0 Å². The Morgan fingerprint density at radius 2 is 1.94 bits per heavy atom. The number of amides is 1. The minimum absolute atomic E-state index is 0.00198. The first-order chi connectivity index (χ1) is 22.4. The average Bonchev–Trinajstić information content (AvgIpc) is 3.34. The quantitative estimate of drug-likeness (QED) is 0.218. The molecule has 4 heterocycles. The SMILES string of the molecule is O=C(NS(=O)(=O)C(F)(F)F)c1ccc2nc(CN3CC=C(c4cccc(OCc5ccc(Cl)cc5F)n4)CC3)n(C[C@@H]3CCO3)c2c1. The molecule has 2 aromatic carbocycles. The number of benzene rings is 2. The summed E-state index contributed by atoms with van der Waals surface area (Å²) in [4.78, 5) is 24.0. The van der Waals surface area contributed by atoms with Crippen molar-refractivity contribution in [1.82, 2.24) is 24.2 Å². The van der Waals surface area contributed by atoms with Crippen LogP contribution in [0.25, 0.3) is 16.6 Å². The normalized spacial score (nSPS) is 17.3. The standard InChI is InChI=1S/C31H28ClF4N5O5S/c32-22-6-4-21(24(33)15-22)18-46-29-3-1-2-25(38-29)19-8-11-40(12-9-19)17-28-37-26-7-5-20(30(42)39-47(43,44)31(34,35)36)14-27(26)41(28)16-23-10-13-45-23/h1-8,14-15,23H,9-13,16-18H2,(H,39,42)/t23-/m0/s1. The minimum Gasteiger partial charge on any atom is -0.473 e. The van der Waals surface area contributed by atoms with Crippen LogP contribution in [-0.4, -0.2) is 65.1 Å². The van der Waals surface area contributed by atoms with Crippen LogP contribution in [0, 0.1) is 5.82 Å². The highest BCUT2D eigenvalue weighted by Gasteiger charge is 2.47. The third-order valence-electron chi connectivity index (χ3n) is 7.90. The van der Waals surface area contributed by atoms with Gasteiger partial charge in [-0.3, -0.25) is 9.69 Å². The summed E-state index contributed by atoms with van der Waals surface area (Å²) < 4.78 is 89.9. The van der Waals surface area contributed by atoms with E-state index in [2.05, 4.69) is 16.0 Å². The second-order valence-electron chi connectivity index (χ2n) is 11.1. The molecule has 6 rings (SSSR count). The monoisotopic (exact) mass is 693 g/mol. The number of nitrogens with one attached hydrogen (secondary N) is 1. The lowest BCUT2D eigenvalue weighted by molar-refractivity contribution is -0.0591. The zero-order chi connectivity index (χ0) is 33.3. The van der Waals surface area contributed by atoms with Crippen LogP contribution in [0.3, 0.4) is 0 Å². The first kappa shape index (κ1) is 32.9. The molecular weight excluding hydrogens is 666 g/mol. The summed E-state index contributed by atoms with van der Waals surface area (Å²) in [6, 6.07) is 13.8. The average molecular weight is 694 g/mol. The number of imidazole rings is 1. The van der Waals surface area contributed by atoms with E-state index < -0.39 is 27.3 Å². The van der Waals surface area contributed by atoms with Crippen molar-refractivity contribution in [3.8, 4) is 5.88 Å². The second-order valence-corrected chi connectivity index (χ2v) is 13.2. The lowest BCUT2D eigenvalue weighted by atomic mass is 10.0. The summed E-state index contributed by atoms with van der Waals surface area (Å²) in [5.74, 6) is -0.834. The third kappa shape index (κ3) is 7.43. The van der Waals surface area contributed by atoms with E-state index in [0.717, 1.165) is 22.4 Å². The largest absolute Gasteiger partial charge is 0.516 e. The molecule has 16 heteroatoms. The van der Waals surface area contributed by atoms with Gasteiger partial charge >= 0.3 is 15.5 Å². The van der Waals surface area contributed by atoms with E-state index in [0.29, 0.717) is 72.5 Å². The zero-order valence-electron chi connectivity index (χ0n) is 24.6. The van der Waals surface area contributed by atoms with E-state index in [1.807, 2.05) is 16.7 Å². The Labute approximate surface area is 272 Å². The molecule has 1 amide bonds. The fourth-order valence-electron chi connectivity index (χ4n) is 5.26. The van der Waals surface area contributed by atoms with E-state index in [9.17, 15) is 30.8 Å². The molecule has 2 aliphatic rings. The van der Waals surface area contributed by atoms with Crippen LogP contribution in [0.2, 0.25) is 5.02 Å². The number of carbonyl (C=O) groups is 1. The second kappa shape index (κ2) is 13.2. The Kier molecular flexibility index (Phi) is 9.25. The summed E-state index contributed by atoms with van der Waals surface area (Å²) >= 11 is 5.82. The fourth-order valence-corrected chi connectivity index (χ4v) is 5.90. The van der Waals surface area contributed by atoms with Crippen LogP contribution in [0.4, 0.5) is 17.6 Å². The lowest BCUT2D eigenvalue weighted by Gasteiger charge is -2.29. The van der Waals surface area contributed by atoms with Gasteiger partial charge in [0.1, 0.15) is 18.2 Å². The van der Waals surface area contributed by atoms with Crippen molar-refractivity contribution >= 4 is 44.1 Å². The fraction of sp³-hybridized carbons (Fsp3) is 0.323. The van der Waals surface area contributed by atoms with Gasteiger partial charge in [-0.05, 0) is 54.8 Å². The number of fused-ring (bicyclic) bond motifs is 1. The predicted molar refractivity (Wildman–Crippen MR) is 164 cm³/mol. The van der Waals surface area contributed by atoms with Gasteiger partial charge in [0, 0.05) is 41.9 Å². The maximum atomic E-state index is 14.1. The summed E-state index contributed by atoms with van der Waals surface area (Å²) in [6.45, 7) is 2.68. The van der Waals surface area contributed by atoms with Crippen LogP contribution in [0.1, 0.15) is 40.3 Å². The molecule has 248 valence electrons. The minimum atomic E-state index is -5.86. The number of halogens is 5. The highest BCUT2D eigenvalue weighted by molar-refractivity contribution is 7.90. The highest BCUT2D eigenvalue weighted by atomic mass is 35.5. The van der Waals surface area contributed by atoms with Gasteiger partial charge in [0.2, 0.25) is 5.88 Å². The molecule has 1 atom stereocenters. The first-order valence-corrected chi connectivity index (χ1v) is 16.4. The molecule has 47 heavy (non-hydrogen) atoms. The first-order valence-electron chi connectivity index (χ1n) is 14.6. The van der Waals surface area contributed by atoms with Gasteiger partial charge in [0.05, 0.1) is 35.9 Å². The molecule has 0 saturated carbocycles. The van der Waals surface area contributed by atoms with E-state index in [1.54, 1.807) is 18.2 Å². The van der Waals surface area contributed by atoms with Gasteiger partial charge in [-0.15, -0.1) is 0 Å². The Morgan fingerprint density at radius 3 is 2.62 bits per heavy atom. The van der Waals surface area contributed by atoms with Crippen molar-refractivity contribution in [3.05, 3.63) is 94.2 Å². The van der Waals surface area contributed by atoms with E-state index in [4.69, 9.17) is 26.1 Å². The molecule has 0 radical (unpaired) electrons. The number of nitrogens with zero attached hydrogens (tertiary/aromatic N) is 4. The number of alkyl halides is 3. The van der Waals surface area contributed by atoms with Crippen molar-refractivity contribution in [2.75, 3.05) is 19.7 Å². The number of sulfonamides is 1. The number of carbonyl (C=O) groups excluding carboxylic acids is 1. The van der Waals surface area contributed by atoms with Gasteiger partial charge in [0.15, 0.2) is 0 Å². The Bertz CT molecular complexity index is 1960. The van der Waals surface area contributed by atoms with Crippen LogP contribution >= 0.6 is 11.6 Å². The molecule has 2 aliphatic heterocycles.